The molecule has 3 N–H and O–H groups in total. The van der Waals surface area contributed by atoms with Gasteiger partial charge in [-0.1, -0.05) is 6.07 Å². The van der Waals surface area contributed by atoms with Crippen molar-refractivity contribution >= 4 is 17.5 Å². The molecule has 126 valence electrons. The van der Waals surface area contributed by atoms with Crippen LogP contribution in [0.25, 0.3) is 0 Å². The van der Waals surface area contributed by atoms with Crippen LogP contribution in [0.15, 0.2) is 23.3 Å². The van der Waals surface area contributed by atoms with E-state index in [4.69, 9.17) is 0 Å². The summed E-state index contributed by atoms with van der Waals surface area (Å²) < 4.78 is 44.4. The third-order valence-corrected chi connectivity index (χ3v) is 2.99. The second kappa shape index (κ2) is 6.07. The largest absolute Gasteiger partial charge is 0.442 e. The molecular weight excluding hydrogens is 315 g/mol. The van der Waals surface area contributed by atoms with Crippen LogP contribution in [-0.4, -0.2) is 35.7 Å². The minimum absolute atomic E-state index is 0.0461. The van der Waals surface area contributed by atoms with Crippen LogP contribution >= 0.6 is 0 Å². The zero-order valence-corrected chi connectivity index (χ0v) is 12.5. The number of nitrogens with zero attached hydrogens (tertiary/aromatic N) is 1. The Balaban J connectivity index is 2.33. The van der Waals surface area contributed by atoms with Gasteiger partial charge in [0.15, 0.2) is 0 Å². The minimum Gasteiger partial charge on any atom is -0.442 e. The van der Waals surface area contributed by atoms with Crippen molar-refractivity contribution in [3.8, 4) is 0 Å². The van der Waals surface area contributed by atoms with Gasteiger partial charge in [0, 0.05) is 17.8 Å². The first-order valence-electron chi connectivity index (χ1n) is 6.73. The molecule has 2 rings (SSSR count). The Morgan fingerprint density at radius 2 is 2.09 bits per heavy atom. The number of hydrogen-bond acceptors (Lipinski definition) is 5. The van der Waals surface area contributed by atoms with Crippen LogP contribution in [0.4, 0.5) is 23.7 Å². The normalized spacial score (nSPS) is 15.6. The van der Waals surface area contributed by atoms with E-state index in [0.717, 1.165) is 6.07 Å². The zero-order valence-electron chi connectivity index (χ0n) is 12.5. The standard InChI is InChI=1S/C14H16F3N3O3/c1-13(2,22)7-18-10-4-3-8(5-9(10)14(15,16)17)11-6-23-12(21)20-19-11/h3-5,18,22H,6-7H2,1-2H3,(H,20,21). The van der Waals surface area contributed by atoms with Crippen molar-refractivity contribution in [2.24, 2.45) is 5.10 Å². The number of cyclic esters (lactones) is 1. The fraction of sp³-hybridized carbons (Fsp3) is 0.429. The molecule has 1 aliphatic rings. The molecule has 0 saturated carbocycles. The Bertz CT molecular complexity index is 636. The Kier molecular flexibility index (Phi) is 4.51. The van der Waals surface area contributed by atoms with Gasteiger partial charge >= 0.3 is 12.3 Å². The molecule has 1 aromatic rings. The van der Waals surface area contributed by atoms with E-state index in [2.05, 4.69) is 15.2 Å². The SMILES string of the molecule is CC(C)(O)CNc1ccc(C2=NNC(=O)OC2)cc1C(F)(F)F. The first-order valence-corrected chi connectivity index (χ1v) is 6.73. The number of benzene rings is 1. The molecule has 6 nitrogen and oxygen atoms in total. The lowest BCUT2D eigenvalue weighted by molar-refractivity contribution is -0.137. The topological polar surface area (TPSA) is 83.0 Å². The van der Waals surface area contributed by atoms with Gasteiger partial charge in [-0.2, -0.15) is 18.3 Å². The second-order valence-electron chi connectivity index (χ2n) is 5.67. The van der Waals surface area contributed by atoms with Gasteiger partial charge in [-0.3, -0.25) is 0 Å². The highest BCUT2D eigenvalue weighted by Gasteiger charge is 2.34. The van der Waals surface area contributed by atoms with Crippen LogP contribution in [0, 0.1) is 0 Å². The highest BCUT2D eigenvalue weighted by atomic mass is 19.4. The Morgan fingerprint density at radius 3 is 2.61 bits per heavy atom. The molecule has 1 amide bonds. The Hall–Kier alpha value is -2.29. The third-order valence-electron chi connectivity index (χ3n) is 2.99. The van der Waals surface area contributed by atoms with E-state index < -0.39 is 23.4 Å². The number of nitrogens with one attached hydrogen (secondary N) is 2. The van der Waals surface area contributed by atoms with E-state index in [1.54, 1.807) is 0 Å². The van der Waals surface area contributed by atoms with Crippen LogP contribution < -0.4 is 10.7 Å². The molecule has 0 atom stereocenters. The molecule has 23 heavy (non-hydrogen) atoms. The molecule has 1 aliphatic heterocycles. The van der Waals surface area contributed by atoms with Crippen LogP contribution in [0.3, 0.4) is 0 Å². The lowest BCUT2D eigenvalue weighted by atomic mass is 10.0. The molecule has 0 aromatic heterocycles. The van der Waals surface area contributed by atoms with E-state index in [1.807, 2.05) is 5.43 Å². The average molecular weight is 331 g/mol. The number of amides is 1. The maximum Gasteiger partial charge on any atom is 0.428 e. The number of carbonyl (C=O) groups is 1. The lowest BCUT2D eigenvalue weighted by Gasteiger charge is -2.22. The maximum absolute atomic E-state index is 13.2. The number of hydrazone groups is 1. The zero-order chi connectivity index (χ0) is 17.3. The molecular formula is C14H16F3N3O3. The van der Waals surface area contributed by atoms with Gasteiger partial charge in [0.05, 0.1) is 11.2 Å². The molecule has 0 aliphatic carbocycles. The Morgan fingerprint density at radius 1 is 1.39 bits per heavy atom. The first kappa shape index (κ1) is 17.1. The van der Waals surface area contributed by atoms with E-state index >= 15 is 0 Å². The summed E-state index contributed by atoms with van der Waals surface area (Å²) in [6.07, 6.45) is -5.34. The van der Waals surface area contributed by atoms with Crippen molar-refractivity contribution in [2.45, 2.75) is 25.6 Å². The molecule has 0 saturated heterocycles. The van der Waals surface area contributed by atoms with Gasteiger partial charge in [-0.25, -0.2) is 10.2 Å². The van der Waals surface area contributed by atoms with E-state index in [-0.39, 0.29) is 30.1 Å². The first-order chi connectivity index (χ1) is 10.6. The monoisotopic (exact) mass is 331 g/mol. The number of hydrogen-bond donors (Lipinski definition) is 3. The van der Waals surface area contributed by atoms with E-state index in [0.29, 0.717) is 0 Å². The van der Waals surface area contributed by atoms with E-state index in [9.17, 15) is 23.1 Å². The number of carbonyl (C=O) groups excluding carboxylic acids is 1. The molecule has 0 spiro atoms. The molecule has 0 radical (unpaired) electrons. The van der Waals surface area contributed by atoms with Crippen molar-refractivity contribution in [3.05, 3.63) is 29.3 Å². The molecule has 1 heterocycles. The summed E-state index contributed by atoms with van der Waals surface area (Å²) in [4.78, 5) is 10.8. The number of anilines is 1. The summed E-state index contributed by atoms with van der Waals surface area (Å²) in [5.41, 5.74) is 0.218. The quantitative estimate of drug-likeness (QED) is 0.791. The molecule has 0 bridgehead atoms. The molecule has 1 aromatic carbocycles. The number of halogens is 3. The van der Waals surface area contributed by atoms with Gasteiger partial charge in [-0.05, 0) is 26.0 Å². The van der Waals surface area contributed by atoms with Gasteiger partial charge in [0.25, 0.3) is 0 Å². The predicted molar refractivity (Wildman–Crippen MR) is 77.3 cm³/mol. The average Bonchev–Trinajstić information content (AvgIpc) is 2.44. The number of alkyl halides is 3. The highest BCUT2D eigenvalue weighted by Crippen LogP contribution is 2.36. The van der Waals surface area contributed by atoms with Crippen LogP contribution in [0.1, 0.15) is 25.0 Å². The molecule has 9 heteroatoms. The fourth-order valence-corrected chi connectivity index (χ4v) is 1.88. The third kappa shape index (κ3) is 4.59. The van der Waals surface area contributed by atoms with Crippen molar-refractivity contribution in [2.75, 3.05) is 18.5 Å². The number of aliphatic hydroxyl groups is 1. The lowest BCUT2D eigenvalue weighted by Crippen LogP contribution is -2.31. The summed E-state index contributed by atoms with van der Waals surface area (Å²) in [5, 5.41) is 15.9. The Labute approximate surface area is 130 Å². The van der Waals surface area contributed by atoms with Crippen molar-refractivity contribution in [1.82, 2.24) is 5.43 Å². The van der Waals surface area contributed by atoms with Gasteiger partial charge < -0.3 is 15.2 Å². The fourth-order valence-electron chi connectivity index (χ4n) is 1.88. The summed E-state index contributed by atoms with van der Waals surface area (Å²) in [6, 6.07) is 3.61. The maximum atomic E-state index is 13.2. The smallest absolute Gasteiger partial charge is 0.428 e. The minimum atomic E-state index is -4.59. The highest BCUT2D eigenvalue weighted by molar-refractivity contribution is 6.04. The van der Waals surface area contributed by atoms with Crippen LogP contribution in [0.2, 0.25) is 0 Å². The van der Waals surface area contributed by atoms with Gasteiger partial charge in [-0.15, -0.1) is 0 Å². The molecule has 0 unspecified atom stereocenters. The number of rotatable bonds is 4. The van der Waals surface area contributed by atoms with E-state index in [1.165, 1.54) is 26.0 Å². The molecule has 0 fully saturated rings. The van der Waals surface area contributed by atoms with Crippen molar-refractivity contribution in [1.29, 1.82) is 0 Å². The summed E-state index contributed by atoms with van der Waals surface area (Å²) in [7, 11) is 0. The second-order valence-corrected chi connectivity index (χ2v) is 5.67. The van der Waals surface area contributed by atoms with Crippen LogP contribution in [-0.2, 0) is 10.9 Å². The van der Waals surface area contributed by atoms with Crippen molar-refractivity contribution in [3.63, 3.8) is 0 Å². The van der Waals surface area contributed by atoms with Crippen LogP contribution in [0.5, 0.6) is 0 Å². The van der Waals surface area contributed by atoms with Gasteiger partial charge in [0.1, 0.15) is 12.3 Å². The summed E-state index contributed by atoms with van der Waals surface area (Å²) in [6.45, 7) is 2.71. The predicted octanol–water partition coefficient (Wildman–Crippen LogP) is 2.33. The summed E-state index contributed by atoms with van der Waals surface area (Å²) in [5.74, 6) is 0. The summed E-state index contributed by atoms with van der Waals surface area (Å²) >= 11 is 0. The van der Waals surface area contributed by atoms with Crippen molar-refractivity contribution < 1.29 is 27.8 Å². The number of ether oxygens (including phenoxy) is 1. The van der Waals surface area contributed by atoms with Gasteiger partial charge in [0.2, 0.25) is 0 Å².